The second-order valence-electron chi connectivity index (χ2n) is 3.40. The molecular formula is C10H10N4O2. The van der Waals surface area contributed by atoms with Gasteiger partial charge in [0.25, 0.3) is 0 Å². The average Bonchev–Trinajstić information content (AvgIpc) is 2.61. The molecule has 1 aromatic carbocycles. The fourth-order valence-corrected chi connectivity index (χ4v) is 1.34. The molecule has 0 aliphatic carbocycles. The molecule has 0 radical (unpaired) electrons. The molecule has 0 spiro atoms. The Balaban J connectivity index is 2.21. The number of nitrogens with one attached hydrogen (secondary N) is 1. The lowest BCUT2D eigenvalue weighted by atomic mass is 10.3. The second kappa shape index (κ2) is 4.09. The molecule has 2 aromatic rings. The van der Waals surface area contributed by atoms with Crippen LogP contribution in [0, 0.1) is 0 Å². The highest BCUT2D eigenvalue weighted by atomic mass is 16.2. The van der Waals surface area contributed by atoms with Crippen LogP contribution in [0.4, 0.5) is 0 Å². The quantitative estimate of drug-likeness (QED) is 0.760. The minimum absolute atomic E-state index is 0.159. The summed E-state index contributed by atoms with van der Waals surface area (Å²) < 4.78 is 0. The molecule has 1 N–H and O–H groups in total. The molecule has 1 amide bonds. The standard InChI is InChI=1S/C10H10N4O2/c1-7(15)6-10(16)12-14-9-5-3-2-4-8(9)11-13-14/h2-5H,6H2,1H3,(H,12,16). The zero-order valence-electron chi connectivity index (χ0n) is 8.67. The van der Waals surface area contributed by atoms with Crippen molar-refractivity contribution in [1.82, 2.24) is 15.1 Å². The van der Waals surface area contributed by atoms with Gasteiger partial charge in [0.2, 0.25) is 5.91 Å². The van der Waals surface area contributed by atoms with Crippen LogP contribution in [-0.2, 0) is 9.59 Å². The van der Waals surface area contributed by atoms with E-state index in [1.54, 1.807) is 12.1 Å². The number of ketones is 1. The summed E-state index contributed by atoms with van der Waals surface area (Å²) in [5.41, 5.74) is 3.86. The third kappa shape index (κ3) is 2.05. The van der Waals surface area contributed by atoms with Crippen LogP contribution in [0.3, 0.4) is 0 Å². The molecule has 1 aromatic heterocycles. The van der Waals surface area contributed by atoms with Crippen LogP contribution < -0.4 is 5.43 Å². The van der Waals surface area contributed by atoms with Crippen LogP contribution >= 0.6 is 0 Å². The molecule has 16 heavy (non-hydrogen) atoms. The van der Waals surface area contributed by atoms with Crippen LogP contribution in [0.25, 0.3) is 11.0 Å². The molecule has 1 heterocycles. The predicted octanol–water partition coefficient (Wildman–Crippen LogP) is 0.480. The number of carbonyl (C=O) groups excluding carboxylic acids is 2. The van der Waals surface area contributed by atoms with E-state index in [9.17, 15) is 9.59 Å². The topological polar surface area (TPSA) is 76.9 Å². The SMILES string of the molecule is CC(=O)CC(=O)Nn1nnc2ccccc21. The van der Waals surface area contributed by atoms with Crippen LogP contribution in [-0.4, -0.2) is 26.8 Å². The zero-order valence-corrected chi connectivity index (χ0v) is 8.67. The number of amides is 1. The Labute approximate surface area is 91.2 Å². The van der Waals surface area contributed by atoms with E-state index in [1.165, 1.54) is 11.7 Å². The van der Waals surface area contributed by atoms with Gasteiger partial charge in [-0.15, -0.1) is 5.10 Å². The van der Waals surface area contributed by atoms with E-state index in [1.807, 2.05) is 12.1 Å². The number of rotatable bonds is 3. The van der Waals surface area contributed by atoms with E-state index in [0.717, 1.165) is 0 Å². The molecule has 0 atom stereocenters. The second-order valence-corrected chi connectivity index (χ2v) is 3.40. The Morgan fingerprint density at radius 1 is 1.38 bits per heavy atom. The van der Waals surface area contributed by atoms with E-state index in [0.29, 0.717) is 11.0 Å². The van der Waals surface area contributed by atoms with Crippen LogP contribution in [0.5, 0.6) is 0 Å². The monoisotopic (exact) mass is 218 g/mol. The Kier molecular flexibility index (Phi) is 2.63. The molecule has 0 bridgehead atoms. The molecule has 82 valence electrons. The molecule has 0 aliphatic heterocycles. The number of benzene rings is 1. The van der Waals surface area contributed by atoms with Crippen LogP contribution in [0.1, 0.15) is 13.3 Å². The lowest BCUT2D eigenvalue weighted by molar-refractivity contribution is -0.124. The van der Waals surface area contributed by atoms with Gasteiger partial charge in [-0.1, -0.05) is 12.1 Å². The molecular weight excluding hydrogens is 208 g/mol. The molecule has 0 unspecified atom stereocenters. The van der Waals surface area contributed by atoms with Gasteiger partial charge in [0.15, 0.2) is 0 Å². The Morgan fingerprint density at radius 2 is 2.12 bits per heavy atom. The number of aromatic nitrogens is 3. The summed E-state index contributed by atoms with van der Waals surface area (Å²) in [6, 6.07) is 7.22. The number of hydrogen-bond donors (Lipinski definition) is 1. The van der Waals surface area contributed by atoms with Gasteiger partial charge in [-0.2, -0.15) is 4.79 Å². The Bertz CT molecular complexity index is 546. The first kappa shape index (κ1) is 10.3. The highest BCUT2D eigenvalue weighted by Gasteiger charge is 2.08. The minimum atomic E-state index is -0.400. The van der Waals surface area contributed by atoms with Gasteiger partial charge >= 0.3 is 0 Å². The summed E-state index contributed by atoms with van der Waals surface area (Å²) in [4.78, 5) is 23.3. The number of para-hydroxylation sites is 1. The lowest BCUT2D eigenvalue weighted by Crippen LogP contribution is -2.25. The van der Waals surface area contributed by atoms with E-state index >= 15 is 0 Å². The first-order valence-corrected chi connectivity index (χ1v) is 4.76. The molecule has 0 saturated carbocycles. The maximum Gasteiger partial charge on any atom is 0.247 e. The fourth-order valence-electron chi connectivity index (χ4n) is 1.34. The smallest absolute Gasteiger partial charge is 0.247 e. The largest absolute Gasteiger partial charge is 0.299 e. The number of nitrogens with zero attached hydrogens (tertiary/aromatic N) is 3. The first-order valence-electron chi connectivity index (χ1n) is 4.76. The van der Waals surface area contributed by atoms with Gasteiger partial charge in [0.1, 0.15) is 16.8 Å². The molecule has 2 rings (SSSR count). The molecule has 0 saturated heterocycles. The number of Topliss-reactive ketones (excluding diaryl/α,β-unsaturated/α-hetero) is 1. The number of hydrogen-bond acceptors (Lipinski definition) is 4. The van der Waals surface area contributed by atoms with Gasteiger partial charge in [0.05, 0.1) is 6.42 Å². The van der Waals surface area contributed by atoms with Gasteiger partial charge in [-0.3, -0.25) is 9.59 Å². The van der Waals surface area contributed by atoms with Crippen molar-refractivity contribution in [1.29, 1.82) is 0 Å². The van der Waals surface area contributed by atoms with Gasteiger partial charge in [-0.25, -0.2) is 5.43 Å². The third-order valence-corrected chi connectivity index (χ3v) is 1.99. The Hall–Kier alpha value is -2.24. The van der Waals surface area contributed by atoms with Crippen molar-refractivity contribution in [3.63, 3.8) is 0 Å². The van der Waals surface area contributed by atoms with Crippen molar-refractivity contribution in [3.05, 3.63) is 24.3 Å². The maximum absolute atomic E-state index is 11.3. The minimum Gasteiger partial charge on any atom is -0.299 e. The van der Waals surface area contributed by atoms with E-state index in [-0.39, 0.29) is 12.2 Å². The fraction of sp³-hybridized carbons (Fsp3) is 0.200. The average molecular weight is 218 g/mol. The molecule has 6 nitrogen and oxygen atoms in total. The van der Waals surface area contributed by atoms with E-state index < -0.39 is 5.91 Å². The summed E-state index contributed by atoms with van der Waals surface area (Å²) in [5.74, 6) is -0.593. The third-order valence-electron chi connectivity index (χ3n) is 1.99. The predicted molar refractivity (Wildman–Crippen MR) is 57.2 cm³/mol. The van der Waals surface area contributed by atoms with E-state index in [4.69, 9.17) is 0 Å². The highest BCUT2D eigenvalue weighted by molar-refractivity contribution is 6.00. The summed E-state index contributed by atoms with van der Waals surface area (Å²) in [6.45, 7) is 1.36. The van der Waals surface area contributed by atoms with Gasteiger partial charge < -0.3 is 0 Å². The van der Waals surface area contributed by atoms with Gasteiger partial charge in [0, 0.05) is 0 Å². The zero-order chi connectivity index (χ0) is 11.5. The first-order chi connectivity index (χ1) is 7.66. The number of carbonyl (C=O) groups is 2. The molecule has 0 fully saturated rings. The number of fused-ring (bicyclic) bond motifs is 1. The van der Waals surface area contributed by atoms with Crippen molar-refractivity contribution in [3.8, 4) is 0 Å². The molecule has 6 heteroatoms. The van der Waals surface area contributed by atoms with Gasteiger partial charge in [-0.05, 0) is 24.3 Å². The van der Waals surface area contributed by atoms with Crippen molar-refractivity contribution in [2.45, 2.75) is 13.3 Å². The Morgan fingerprint density at radius 3 is 2.88 bits per heavy atom. The summed E-state index contributed by atoms with van der Waals surface area (Å²) >= 11 is 0. The highest BCUT2D eigenvalue weighted by Crippen LogP contribution is 2.07. The van der Waals surface area contributed by atoms with Crippen LogP contribution in [0.2, 0.25) is 0 Å². The van der Waals surface area contributed by atoms with Crippen molar-refractivity contribution in [2.75, 3.05) is 5.43 Å². The van der Waals surface area contributed by atoms with Crippen LogP contribution in [0.15, 0.2) is 24.3 Å². The maximum atomic E-state index is 11.3. The normalized spacial score (nSPS) is 10.3. The lowest BCUT2D eigenvalue weighted by Gasteiger charge is -2.02. The molecule has 0 aliphatic rings. The van der Waals surface area contributed by atoms with Crippen molar-refractivity contribution < 1.29 is 9.59 Å². The summed E-state index contributed by atoms with van der Waals surface area (Å²) in [5, 5.41) is 7.63. The van der Waals surface area contributed by atoms with Crippen molar-refractivity contribution >= 4 is 22.7 Å². The van der Waals surface area contributed by atoms with Crippen molar-refractivity contribution in [2.24, 2.45) is 0 Å². The summed E-state index contributed by atoms with van der Waals surface area (Å²) in [7, 11) is 0. The van der Waals surface area contributed by atoms with E-state index in [2.05, 4.69) is 15.7 Å². The summed E-state index contributed by atoms with van der Waals surface area (Å²) in [6.07, 6.45) is -0.159.